The summed E-state index contributed by atoms with van der Waals surface area (Å²) in [6.45, 7) is 18.3. The van der Waals surface area contributed by atoms with Gasteiger partial charge in [0, 0.05) is 6.61 Å². The number of hydrogen-bond acceptors (Lipinski definition) is 3. The van der Waals surface area contributed by atoms with E-state index in [2.05, 4.69) is 67.5 Å². The molecule has 3 nitrogen and oxygen atoms in total. The second-order valence-corrected chi connectivity index (χ2v) is 13.6. The highest BCUT2D eigenvalue weighted by Gasteiger charge is 2.27. The zero-order valence-electron chi connectivity index (χ0n) is 26.7. The third-order valence-corrected chi connectivity index (χ3v) is 7.76. The van der Waals surface area contributed by atoms with Crippen molar-refractivity contribution in [3.05, 3.63) is 28.8 Å². The first kappa shape index (κ1) is 35.0. The van der Waals surface area contributed by atoms with Gasteiger partial charge >= 0.3 is 0 Å². The van der Waals surface area contributed by atoms with Crippen LogP contribution in [-0.2, 0) is 20.3 Å². The summed E-state index contributed by atoms with van der Waals surface area (Å²) in [7, 11) is 0. The lowest BCUT2D eigenvalue weighted by Crippen LogP contribution is -2.18. The van der Waals surface area contributed by atoms with E-state index in [1.807, 2.05) is 0 Å². The van der Waals surface area contributed by atoms with Crippen LogP contribution >= 0.6 is 0 Å². The molecular weight excluding hydrogens is 468 g/mol. The zero-order chi connectivity index (χ0) is 28.4. The van der Waals surface area contributed by atoms with Crippen molar-refractivity contribution in [2.75, 3.05) is 13.4 Å². The van der Waals surface area contributed by atoms with Gasteiger partial charge in [0.1, 0.15) is 12.5 Å². The van der Waals surface area contributed by atoms with Gasteiger partial charge in [-0.2, -0.15) is 0 Å². The smallest absolute Gasteiger partial charge is 0.147 e. The maximum Gasteiger partial charge on any atom is 0.147 e. The minimum atomic E-state index is -0.135. The molecule has 1 rings (SSSR count). The lowest BCUT2D eigenvalue weighted by Gasteiger charge is -2.29. The number of phenolic OH excluding ortho intramolecular Hbond substituents is 1. The molecule has 0 radical (unpaired) electrons. The maximum atomic E-state index is 10.9. The summed E-state index contributed by atoms with van der Waals surface area (Å²) >= 11 is 0. The Kier molecular flexibility index (Phi) is 17.6. The number of ether oxygens (including phenoxy) is 2. The van der Waals surface area contributed by atoms with Crippen molar-refractivity contribution < 1.29 is 14.6 Å². The average molecular weight is 533 g/mol. The number of hydrogen-bond donors (Lipinski definition) is 1. The van der Waals surface area contributed by atoms with Crippen LogP contribution in [0.1, 0.15) is 181 Å². The maximum absolute atomic E-state index is 10.9. The summed E-state index contributed by atoms with van der Waals surface area (Å²) < 4.78 is 11.8. The van der Waals surface area contributed by atoms with Crippen LogP contribution in [0.3, 0.4) is 0 Å². The van der Waals surface area contributed by atoms with E-state index in [-0.39, 0.29) is 16.9 Å². The van der Waals surface area contributed by atoms with Crippen LogP contribution in [-0.4, -0.2) is 18.5 Å². The largest absolute Gasteiger partial charge is 0.507 e. The van der Waals surface area contributed by atoms with E-state index in [1.54, 1.807) is 0 Å². The van der Waals surface area contributed by atoms with Crippen molar-refractivity contribution in [2.45, 2.75) is 175 Å². The first-order valence-corrected chi connectivity index (χ1v) is 16.1. The van der Waals surface area contributed by atoms with Crippen molar-refractivity contribution in [3.63, 3.8) is 0 Å². The quantitative estimate of drug-likeness (QED) is 0.126. The first-order valence-electron chi connectivity index (χ1n) is 16.1. The van der Waals surface area contributed by atoms with Gasteiger partial charge in [-0.05, 0) is 53.0 Å². The van der Waals surface area contributed by atoms with Crippen molar-refractivity contribution in [2.24, 2.45) is 0 Å². The number of benzene rings is 1. The Balaban J connectivity index is 2.12. The second-order valence-electron chi connectivity index (χ2n) is 13.6. The number of aromatic hydroxyl groups is 1. The molecule has 0 heterocycles. The monoisotopic (exact) mass is 532 g/mol. The van der Waals surface area contributed by atoms with Crippen LogP contribution < -0.4 is 0 Å². The van der Waals surface area contributed by atoms with Gasteiger partial charge in [0.25, 0.3) is 0 Å². The Morgan fingerprint density at radius 3 is 1.37 bits per heavy atom. The van der Waals surface area contributed by atoms with E-state index in [1.165, 1.54) is 96.3 Å². The first-order chi connectivity index (χ1) is 18.0. The van der Waals surface area contributed by atoms with Crippen LogP contribution in [0.15, 0.2) is 12.1 Å². The van der Waals surface area contributed by atoms with Crippen molar-refractivity contribution in [3.8, 4) is 5.75 Å². The molecule has 1 aromatic rings. The predicted octanol–water partition coefficient (Wildman–Crippen LogP) is 11.3. The van der Waals surface area contributed by atoms with E-state index in [9.17, 15) is 5.11 Å². The highest BCUT2D eigenvalue weighted by atomic mass is 16.7. The lowest BCUT2D eigenvalue weighted by atomic mass is 9.78. The summed E-state index contributed by atoms with van der Waals surface area (Å²) in [4.78, 5) is 0. The molecule has 1 atom stereocenters. The third-order valence-electron chi connectivity index (χ3n) is 7.76. The van der Waals surface area contributed by atoms with Crippen molar-refractivity contribution in [1.82, 2.24) is 0 Å². The van der Waals surface area contributed by atoms with Gasteiger partial charge in [-0.25, -0.2) is 0 Å². The molecule has 0 spiro atoms. The van der Waals surface area contributed by atoms with E-state index < -0.39 is 0 Å². The van der Waals surface area contributed by atoms with Crippen molar-refractivity contribution >= 4 is 0 Å². The molecule has 1 unspecified atom stereocenters. The fourth-order valence-electron chi connectivity index (χ4n) is 5.09. The predicted molar refractivity (Wildman–Crippen MR) is 165 cm³/mol. The van der Waals surface area contributed by atoms with E-state index >= 15 is 0 Å². The molecule has 0 aromatic heterocycles. The molecule has 0 aliphatic carbocycles. The van der Waals surface area contributed by atoms with Gasteiger partial charge < -0.3 is 14.6 Å². The summed E-state index contributed by atoms with van der Waals surface area (Å²) in [5.74, 6) is 0.417. The second kappa shape index (κ2) is 19.1. The van der Waals surface area contributed by atoms with Gasteiger partial charge in [-0.3, -0.25) is 0 Å². The fraction of sp³-hybridized carbons (Fsp3) is 0.829. The zero-order valence-corrected chi connectivity index (χ0v) is 26.7. The Bertz CT molecular complexity index is 691. The summed E-state index contributed by atoms with van der Waals surface area (Å²) in [6.07, 6.45) is 22.0. The molecule has 0 bridgehead atoms. The molecule has 0 aliphatic heterocycles. The molecule has 3 heteroatoms. The Morgan fingerprint density at radius 1 is 0.632 bits per heavy atom. The highest BCUT2D eigenvalue weighted by molar-refractivity contribution is 5.50. The van der Waals surface area contributed by atoms with Crippen LogP contribution in [0.25, 0.3) is 0 Å². The van der Waals surface area contributed by atoms with E-state index in [4.69, 9.17) is 9.47 Å². The normalized spacial score (nSPS) is 13.3. The molecule has 222 valence electrons. The van der Waals surface area contributed by atoms with Crippen LogP contribution in [0.4, 0.5) is 0 Å². The number of unbranched alkanes of at least 4 members (excludes halogenated alkanes) is 15. The average Bonchev–Trinajstić information content (AvgIpc) is 2.84. The van der Waals surface area contributed by atoms with Gasteiger partial charge in [0.15, 0.2) is 0 Å². The molecule has 1 N–H and O–H groups in total. The van der Waals surface area contributed by atoms with Gasteiger partial charge in [-0.15, -0.1) is 0 Å². The number of phenols is 1. The van der Waals surface area contributed by atoms with Crippen molar-refractivity contribution in [1.29, 1.82) is 0 Å². The van der Waals surface area contributed by atoms with Crippen LogP contribution in [0.5, 0.6) is 5.75 Å². The van der Waals surface area contributed by atoms with E-state index in [0.29, 0.717) is 12.5 Å². The molecule has 1 aromatic carbocycles. The lowest BCUT2D eigenvalue weighted by molar-refractivity contribution is -0.0861. The fourth-order valence-corrected chi connectivity index (χ4v) is 5.09. The number of rotatable bonds is 21. The molecule has 0 saturated heterocycles. The van der Waals surface area contributed by atoms with Crippen LogP contribution in [0.2, 0.25) is 0 Å². The van der Waals surface area contributed by atoms with Crippen LogP contribution in [0, 0.1) is 0 Å². The minimum absolute atomic E-state index is 0.0800. The molecule has 0 saturated carbocycles. The molecular formula is C35H64O3. The highest BCUT2D eigenvalue weighted by Crippen LogP contribution is 2.41. The van der Waals surface area contributed by atoms with E-state index in [0.717, 1.165) is 29.7 Å². The SMILES string of the molecule is CCCCCCCCCCCCCCCCCCOCOC(C)c1cc(C(C)(C)C)c(O)c(C(C)(C)C)c1. The molecule has 38 heavy (non-hydrogen) atoms. The molecule has 0 fully saturated rings. The van der Waals surface area contributed by atoms with Gasteiger partial charge in [0.05, 0.1) is 6.10 Å². The topological polar surface area (TPSA) is 38.7 Å². The Morgan fingerprint density at radius 2 is 1.00 bits per heavy atom. The summed E-state index contributed by atoms with van der Waals surface area (Å²) in [5.41, 5.74) is 2.78. The molecule has 0 aliphatic rings. The Hall–Kier alpha value is -1.06. The summed E-state index contributed by atoms with van der Waals surface area (Å²) in [6, 6.07) is 4.20. The Labute approximate surface area is 237 Å². The van der Waals surface area contributed by atoms with Gasteiger partial charge in [-0.1, -0.05) is 145 Å². The minimum Gasteiger partial charge on any atom is -0.507 e. The summed E-state index contributed by atoms with van der Waals surface area (Å²) in [5, 5.41) is 10.9. The standard InChI is InChI=1S/C35H64O3/c1-9-10-11-12-13-14-15-16-17-18-19-20-21-22-23-24-25-37-28-38-29(2)30-26-31(34(3,4)5)33(36)32(27-30)35(6,7)8/h26-27,29,36H,9-25,28H2,1-8H3. The third kappa shape index (κ3) is 14.9. The van der Waals surface area contributed by atoms with Gasteiger partial charge in [0.2, 0.25) is 0 Å². The molecule has 0 amide bonds.